The molecule has 0 radical (unpaired) electrons. The number of thiazole rings is 1. The van der Waals surface area contributed by atoms with E-state index in [2.05, 4.69) is 10.3 Å². The molecule has 1 aromatic rings. The summed E-state index contributed by atoms with van der Waals surface area (Å²) in [5, 5.41) is 14.1. The number of carbonyl (C=O) groups excluding carboxylic acids is 1. The number of hydrogen-bond donors (Lipinski definition) is 2. The molecule has 1 aliphatic rings. The Morgan fingerprint density at radius 2 is 2.60 bits per heavy atom. The number of aromatic nitrogens is 1. The summed E-state index contributed by atoms with van der Waals surface area (Å²) in [4.78, 5) is 16.4. The van der Waals surface area contributed by atoms with Crippen LogP contribution in [0.15, 0.2) is 16.6 Å². The van der Waals surface area contributed by atoms with E-state index in [0.717, 1.165) is 0 Å². The van der Waals surface area contributed by atoms with Crippen molar-refractivity contribution in [1.82, 2.24) is 9.88 Å². The summed E-state index contributed by atoms with van der Waals surface area (Å²) in [6, 6.07) is -0.331. The number of rotatable bonds is 1. The van der Waals surface area contributed by atoms with Crippen molar-refractivity contribution >= 4 is 17.2 Å². The topological polar surface area (TPSA) is 66.6 Å². The van der Waals surface area contributed by atoms with Crippen LogP contribution in [-0.2, 0) is 11.8 Å². The number of aliphatic hydroxyl groups excluding tert-OH is 1. The third-order valence-electron chi connectivity index (χ3n) is 2.37. The van der Waals surface area contributed by atoms with Gasteiger partial charge >= 0.3 is 0 Å². The fraction of sp³-hybridized carbons (Fsp3) is 0.556. The molecule has 1 saturated heterocycles. The monoisotopic (exact) mass is 227 g/mol. The minimum absolute atomic E-state index is 0.204. The quantitative estimate of drug-likeness (QED) is 0.662. The molecule has 0 bridgehead atoms. The Morgan fingerprint density at radius 3 is 3.13 bits per heavy atom. The number of amides is 1. The number of β-amino-alcohol motifs (C(OH)–C–C–N with tert-alkyl or cyclic N) is 1. The molecule has 2 atom stereocenters. The van der Waals surface area contributed by atoms with Gasteiger partial charge in [-0.25, -0.2) is 0 Å². The zero-order valence-electron chi connectivity index (χ0n) is 8.38. The lowest BCUT2D eigenvalue weighted by molar-refractivity contribution is -0.119. The molecule has 2 N–H and O–H groups in total. The molecule has 1 amide bonds. The fourth-order valence-electron chi connectivity index (χ4n) is 1.51. The summed E-state index contributed by atoms with van der Waals surface area (Å²) in [6.45, 7) is 0.475. The SMILES string of the molecule is Cn1ccsc1=NC(=O)[C@H]1C[C@@H](O)CN1. The van der Waals surface area contributed by atoms with Crippen molar-refractivity contribution in [2.24, 2.45) is 12.0 Å². The average molecular weight is 227 g/mol. The van der Waals surface area contributed by atoms with Crippen molar-refractivity contribution < 1.29 is 9.90 Å². The largest absolute Gasteiger partial charge is 0.392 e. The van der Waals surface area contributed by atoms with Gasteiger partial charge in [-0.15, -0.1) is 11.3 Å². The first kappa shape index (κ1) is 10.5. The molecular weight excluding hydrogens is 214 g/mol. The number of aliphatic hydroxyl groups is 1. The van der Waals surface area contributed by atoms with E-state index in [1.165, 1.54) is 11.3 Å². The van der Waals surface area contributed by atoms with Crippen LogP contribution in [0.3, 0.4) is 0 Å². The fourth-order valence-corrected chi connectivity index (χ4v) is 2.25. The van der Waals surface area contributed by atoms with Crippen LogP contribution in [0.2, 0.25) is 0 Å². The molecule has 5 nitrogen and oxygen atoms in total. The molecule has 0 aliphatic carbocycles. The van der Waals surface area contributed by atoms with Crippen molar-refractivity contribution in [2.45, 2.75) is 18.6 Å². The molecule has 1 fully saturated rings. The van der Waals surface area contributed by atoms with Crippen molar-refractivity contribution in [3.8, 4) is 0 Å². The molecular formula is C9H13N3O2S. The third kappa shape index (κ3) is 2.34. The lowest BCUT2D eigenvalue weighted by atomic mass is 10.2. The van der Waals surface area contributed by atoms with Crippen LogP contribution < -0.4 is 10.1 Å². The van der Waals surface area contributed by atoms with E-state index in [0.29, 0.717) is 17.8 Å². The van der Waals surface area contributed by atoms with Gasteiger partial charge in [-0.2, -0.15) is 4.99 Å². The van der Waals surface area contributed by atoms with Gasteiger partial charge in [0.25, 0.3) is 5.91 Å². The number of nitrogens with one attached hydrogen (secondary N) is 1. The van der Waals surface area contributed by atoms with Gasteiger partial charge in [-0.05, 0) is 6.42 Å². The van der Waals surface area contributed by atoms with Crippen LogP contribution in [0, 0.1) is 0 Å². The Bertz CT molecular complexity index is 423. The van der Waals surface area contributed by atoms with E-state index in [4.69, 9.17) is 0 Å². The minimum atomic E-state index is -0.425. The Hall–Kier alpha value is -0.980. The molecule has 2 heterocycles. The maximum atomic E-state index is 11.7. The molecule has 1 aromatic heterocycles. The predicted octanol–water partition coefficient (Wildman–Crippen LogP) is -0.763. The highest BCUT2D eigenvalue weighted by molar-refractivity contribution is 7.07. The first-order valence-corrected chi connectivity index (χ1v) is 5.65. The maximum Gasteiger partial charge on any atom is 0.265 e. The molecule has 0 spiro atoms. The van der Waals surface area contributed by atoms with Crippen molar-refractivity contribution in [2.75, 3.05) is 6.54 Å². The normalized spacial score (nSPS) is 27.2. The number of carbonyl (C=O) groups is 1. The second kappa shape index (κ2) is 4.26. The van der Waals surface area contributed by atoms with Crippen LogP contribution in [-0.4, -0.2) is 34.3 Å². The van der Waals surface area contributed by atoms with Gasteiger partial charge in [0.2, 0.25) is 0 Å². The second-order valence-electron chi connectivity index (χ2n) is 3.60. The summed E-state index contributed by atoms with van der Waals surface area (Å²) in [5.41, 5.74) is 0. The lowest BCUT2D eigenvalue weighted by Crippen LogP contribution is -2.31. The summed E-state index contributed by atoms with van der Waals surface area (Å²) in [5.74, 6) is -0.204. The predicted molar refractivity (Wildman–Crippen MR) is 56.3 cm³/mol. The van der Waals surface area contributed by atoms with E-state index in [-0.39, 0.29) is 11.9 Å². The number of aryl methyl sites for hydroxylation is 1. The van der Waals surface area contributed by atoms with Gasteiger partial charge in [-0.3, -0.25) is 4.79 Å². The Kier molecular flexibility index (Phi) is 2.99. The Morgan fingerprint density at radius 1 is 1.80 bits per heavy atom. The van der Waals surface area contributed by atoms with Gasteiger partial charge in [-0.1, -0.05) is 0 Å². The van der Waals surface area contributed by atoms with E-state index in [9.17, 15) is 9.90 Å². The number of hydrogen-bond acceptors (Lipinski definition) is 4. The molecule has 0 saturated carbocycles. The molecule has 0 aromatic carbocycles. The summed E-state index contributed by atoms with van der Waals surface area (Å²) < 4.78 is 1.80. The maximum absolute atomic E-state index is 11.7. The molecule has 1 aliphatic heterocycles. The van der Waals surface area contributed by atoms with Crippen LogP contribution in [0.25, 0.3) is 0 Å². The van der Waals surface area contributed by atoms with Crippen LogP contribution in [0.4, 0.5) is 0 Å². The van der Waals surface area contributed by atoms with Crippen molar-refractivity contribution in [3.63, 3.8) is 0 Å². The Balaban J connectivity index is 2.13. The van der Waals surface area contributed by atoms with Gasteiger partial charge in [0.15, 0.2) is 4.80 Å². The molecule has 2 rings (SSSR count). The first-order chi connectivity index (χ1) is 7.16. The molecule has 6 heteroatoms. The van der Waals surface area contributed by atoms with E-state index < -0.39 is 6.10 Å². The van der Waals surface area contributed by atoms with Gasteiger partial charge in [0, 0.05) is 25.2 Å². The van der Waals surface area contributed by atoms with Gasteiger partial charge in [0.1, 0.15) is 0 Å². The highest BCUT2D eigenvalue weighted by Crippen LogP contribution is 2.07. The minimum Gasteiger partial charge on any atom is -0.392 e. The van der Waals surface area contributed by atoms with Crippen molar-refractivity contribution in [3.05, 3.63) is 16.4 Å². The summed E-state index contributed by atoms with van der Waals surface area (Å²) in [6.07, 6.45) is 1.89. The number of nitrogens with zero attached hydrogens (tertiary/aromatic N) is 2. The summed E-state index contributed by atoms with van der Waals surface area (Å²) in [7, 11) is 1.85. The van der Waals surface area contributed by atoms with E-state index >= 15 is 0 Å². The standard InChI is InChI=1S/C9H13N3O2S/c1-12-2-3-15-9(12)11-8(14)7-4-6(13)5-10-7/h2-3,6-7,10,13H,4-5H2,1H3/t6-,7-/m1/s1. The average Bonchev–Trinajstić information content (AvgIpc) is 2.77. The summed E-state index contributed by atoms with van der Waals surface area (Å²) >= 11 is 1.42. The highest BCUT2D eigenvalue weighted by atomic mass is 32.1. The van der Waals surface area contributed by atoms with Gasteiger partial charge < -0.3 is 15.0 Å². The first-order valence-electron chi connectivity index (χ1n) is 4.77. The molecule has 82 valence electrons. The Labute approximate surface area is 91.1 Å². The zero-order valence-corrected chi connectivity index (χ0v) is 9.20. The molecule has 15 heavy (non-hydrogen) atoms. The van der Waals surface area contributed by atoms with Crippen LogP contribution in [0.1, 0.15) is 6.42 Å². The third-order valence-corrected chi connectivity index (χ3v) is 3.22. The second-order valence-corrected chi connectivity index (χ2v) is 4.47. The zero-order chi connectivity index (χ0) is 10.8. The highest BCUT2D eigenvalue weighted by Gasteiger charge is 2.27. The lowest BCUT2D eigenvalue weighted by Gasteiger charge is -2.02. The van der Waals surface area contributed by atoms with E-state index in [1.807, 2.05) is 18.6 Å². The van der Waals surface area contributed by atoms with Crippen molar-refractivity contribution in [1.29, 1.82) is 0 Å². The van der Waals surface area contributed by atoms with Crippen LogP contribution in [0.5, 0.6) is 0 Å². The van der Waals surface area contributed by atoms with Gasteiger partial charge in [0.05, 0.1) is 12.1 Å². The van der Waals surface area contributed by atoms with Crippen LogP contribution >= 0.6 is 11.3 Å². The molecule has 0 unspecified atom stereocenters. The van der Waals surface area contributed by atoms with E-state index in [1.54, 1.807) is 4.57 Å². The smallest absolute Gasteiger partial charge is 0.265 e.